The molecule has 0 spiro atoms. The monoisotopic (exact) mass is 170 g/mol. The quantitative estimate of drug-likeness (QED) is 0.562. The number of carbonyl (C=O) groups excluding carboxylic acids is 1. The van der Waals surface area contributed by atoms with Gasteiger partial charge in [-0.25, -0.2) is 5.32 Å². The molecule has 1 aliphatic heterocycles. The number of hydrogen-bond donors (Lipinski definition) is 2. The van der Waals surface area contributed by atoms with E-state index in [9.17, 15) is 4.79 Å². The third-order valence-corrected chi connectivity index (χ3v) is 2.44. The van der Waals surface area contributed by atoms with Crippen molar-refractivity contribution >= 4 is 5.91 Å². The molecule has 0 aliphatic carbocycles. The molecular formula is C8H16N3O. The number of nitrogens with two attached hydrogens (primary N) is 1. The Morgan fingerprint density at radius 1 is 1.67 bits per heavy atom. The Kier molecular flexibility index (Phi) is 2.69. The topological polar surface area (TPSA) is 69.2 Å². The first-order valence-electron chi connectivity index (χ1n) is 4.22. The Balaban J connectivity index is 2.59. The standard InChI is InChI=1S/C8H16N3O/c1-8(2,7(9)12)6-5-10-3-4-11-6/h6,10H,3-5H2,1-2H3,(H2,9,12). The number of piperazine rings is 1. The third kappa shape index (κ3) is 1.76. The molecule has 1 rings (SSSR count). The van der Waals surface area contributed by atoms with Crippen LogP contribution < -0.4 is 16.4 Å². The van der Waals surface area contributed by atoms with E-state index in [1.54, 1.807) is 0 Å². The lowest BCUT2D eigenvalue weighted by atomic mass is 9.83. The maximum absolute atomic E-state index is 11.1. The van der Waals surface area contributed by atoms with Crippen LogP contribution in [0.5, 0.6) is 0 Å². The summed E-state index contributed by atoms with van der Waals surface area (Å²) in [5, 5.41) is 7.55. The number of primary amides is 1. The van der Waals surface area contributed by atoms with Gasteiger partial charge >= 0.3 is 0 Å². The van der Waals surface area contributed by atoms with Gasteiger partial charge in [-0.1, -0.05) is 0 Å². The van der Waals surface area contributed by atoms with Gasteiger partial charge in [0.2, 0.25) is 5.91 Å². The van der Waals surface area contributed by atoms with E-state index in [4.69, 9.17) is 5.73 Å². The van der Waals surface area contributed by atoms with Crippen molar-refractivity contribution in [1.29, 1.82) is 0 Å². The van der Waals surface area contributed by atoms with Crippen molar-refractivity contribution in [3.63, 3.8) is 0 Å². The van der Waals surface area contributed by atoms with Crippen LogP contribution in [0.15, 0.2) is 0 Å². The molecule has 0 aromatic heterocycles. The van der Waals surface area contributed by atoms with Crippen molar-refractivity contribution < 1.29 is 4.79 Å². The van der Waals surface area contributed by atoms with Gasteiger partial charge in [-0.05, 0) is 13.8 Å². The Bertz CT molecular complexity index is 173. The summed E-state index contributed by atoms with van der Waals surface area (Å²) in [6.45, 7) is 6.13. The normalized spacial score (nSPS) is 25.3. The molecule has 3 N–H and O–H groups in total. The number of amides is 1. The van der Waals surface area contributed by atoms with Crippen molar-refractivity contribution in [1.82, 2.24) is 10.6 Å². The second-order valence-corrected chi connectivity index (χ2v) is 3.71. The summed E-state index contributed by atoms with van der Waals surface area (Å²) in [6.07, 6.45) is 0. The number of carbonyl (C=O) groups is 1. The van der Waals surface area contributed by atoms with Gasteiger partial charge in [-0.15, -0.1) is 0 Å². The average molecular weight is 170 g/mol. The Morgan fingerprint density at radius 3 is 2.75 bits per heavy atom. The molecule has 0 aromatic rings. The zero-order valence-corrected chi connectivity index (χ0v) is 7.63. The van der Waals surface area contributed by atoms with E-state index in [1.807, 2.05) is 13.8 Å². The zero-order valence-electron chi connectivity index (χ0n) is 7.63. The molecule has 1 saturated heterocycles. The second-order valence-electron chi connectivity index (χ2n) is 3.71. The molecule has 69 valence electrons. The molecule has 0 bridgehead atoms. The van der Waals surface area contributed by atoms with Crippen LogP contribution in [0.2, 0.25) is 0 Å². The van der Waals surface area contributed by atoms with Crippen molar-refractivity contribution in [3.05, 3.63) is 0 Å². The highest BCUT2D eigenvalue weighted by molar-refractivity contribution is 5.80. The van der Waals surface area contributed by atoms with Crippen LogP contribution in [-0.2, 0) is 4.79 Å². The predicted molar refractivity (Wildman–Crippen MR) is 46.6 cm³/mol. The zero-order chi connectivity index (χ0) is 9.19. The number of nitrogens with zero attached hydrogens (tertiary/aromatic N) is 1. The highest BCUT2D eigenvalue weighted by Crippen LogP contribution is 2.21. The minimum Gasteiger partial charge on any atom is -0.369 e. The van der Waals surface area contributed by atoms with E-state index < -0.39 is 5.41 Å². The smallest absolute Gasteiger partial charge is 0.224 e. The number of nitrogens with one attached hydrogen (secondary N) is 1. The van der Waals surface area contributed by atoms with Crippen molar-refractivity contribution in [2.24, 2.45) is 11.1 Å². The first kappa shape index (κ1) is 9.48. The van der Waals surface area contributed by atoms with Gasteiger partial charge < -0.3 is 11.1 Å². The first-order valence-corrected chi connectivity index (χ1v) is 4.22. The molecular weight excluding hydrogens is 154 g/mol. The number of rotatable bonds is 2. The third-order valence-electron chi connectivity index (χ3n) is 2.44. The molecule has 0 saturated carbocycles. The van der Waals surface area contributed by atoms with E-state index in [2.05, 4.69) is 10.6 Å². The second kappa shape index (κ2) is 3.41. The summed E-state index contributed by atoms with van der Waals surface area (Å²) in [5.74, 6) is -0.278. The van der Waals surface area contributed by atoms with Gasteiger partial charge in [-0.3, -0.25) is 4.79 Å². The highest BCUT2D eigenvalue weighted by Gasteiger charge is 2.36. The molecule has 12 heavy (non-hydrogen) atoms. The summed E-state index contributed by atoms with van der Waals surface area (Å²) < 4.78 is 0. The molecule has 1 fully saturated rings. The van der Waals surface area contributed by atoms with Gasteiger partial charge in [0.05, 0.1) is 11.5 Å². The summed E-state index contributed by atoms with van der Waals surface area (Å²) in [5.41, 5.74) is 4.75. The maximum atomic E-state index is 11.1. The average Bonchev–Trinajstić information content (AvgIpc) is 2.06. The Hall–Kier alpha value is -0.610. The summed E-state index contributed by atoms with van der Waals surface area (Å²) in [6, 6.07) is 0.0312. The minimum atomic E-state index is -0.520. The summed E-state index contributed by atoms with van der Waals surface area (Å²) in [7, 11) is 0. The van der Waals surface area contributed by atoms with Gasteiger partial charge in [0, 0.05) is 19.6 Å². The first-order chi connectivity index (χ1) is 5.55. The van der Waals surface area contributed by atoms with Crippen LogP contribution in [0.25, 0.3) is 0 Å². The van der Waals surface area contributed by atoms with Crippen LogP contribution in [-0.4, -0.2) is 31.6 Å². The van der Waals surface area contributed by atoms with Crippen LogP contribution in [0.3, 0.4) is 0 Å². The molecule has 1 unspecified atom stereocenters. The molecule has 1 heterocycles. The minimum absolute atomic E-state index is 0.0312. The van der Waals surface area contributed by atoms with Gasteiger partial charge in [-0.2, -0.15) is 0 Å². The van der Waals surface area contributed by atoms with Crippen LogP contribution in [0, 0.1) is 5.41 Å². The van der Waals surface area contributed by atoms with Crippen LogP contribution >= 0.6 is 0 Å². The van der Waals surface area contributed by atoms with Crippen LogP contribution in [0.4, 0.5) is 0 Å². The lowest BCUT2D eigenvalue weighted by molar-refractivity contribution is -0.127. The Labute approximate surface area is 72.9 Å². The fraction of sp³-hybridized carbons (Fsp3) is 0.875. The van der Waals surface area contributed by atoms with Crippen LogP contribution in [0.1, 0.15) is 13.8 Å². The van der Waals surface area contributed by atoms with Gasteiger partial charge in [0.15, 0.2) is 0 Å². The van der Waals surface area contributed by atoms with E-state index in [-0.39, 0.29) is 11.9 Å². The molecule has 4 nitrogen and oxygen atoms in total. The molecule has 1 aliphatic rings. The van der Waals surface area contributed by atoms with Crippen molar-refractivity contribution in [2.75, 3.05) is 19.6 Å². The van der Waals surface area contributed by atoms with E-state index in [0.29, 0.717) is 0 Å². The summed E-state index contributed by atoms with van der Waals surface area (Å²) >= 11 is 0. The molecule has 1 atom stereocenters. The van der Waals surface area contributed by atoms with Gasteiger partial charge in [0.25, 0.3) is 0 Å². The fourth-order valence-electron chi connectivity index (χ4n) is 1.25. The van der Waals surface area contributed by atoms with Crippen molar-refractivity contribution in [2.45, 2.75) is 19.9 Å². The summed E-state index contributed by atoms with van der Waals surface area (Å²) in [4.78, 5) is 11.1. The lowest BCUT2D eigenvalue weighted by Gasteiger charge is -2.34. The van der Waals surface area contributed by atoms with Crippen molar-refractivity contribution in [3.8, 4) is 0 Å². The Morgan fingerprint density at radius 2 is 2.33 bits per heavy atom. The lowest BCUT2D eigenvalue weighted by Crippen LogP contribution is -2.55. The van der Waals surface area contributed by atoms with E-state index >= 15 is 0 Å². The van der Waals surface area contributed by atoms with E-state index in [0.717, 1.165) is 19.6 Å². The fourth-order valence-corrected chi connectivity index (χ4v) is 1.25. The number of hydrogen-bond acceptors (Lipinski definition) is 2. The largest absolute Gasteiger partial charge is 0.369 e. The molecule has 1 radical (unpaired) electrons. The maximum Gasteiger partial charge on any atom is 0.224 e. The van der Waals surface area contributed by atoms with E-state index in [1.165, 1.54) is 0 Å². The SMILES string of the molecule is CC(C)(C(N)=O)C1CNCC[N]1. The molecule has 1 amide bonds. The molecule has 0 aromatic carbocycles. The van der Waals surface area contributed by atoms with Gasteiger partial charge in [0.1, 0.15) is 0 Å². The molecule has 4 heteroatoms. The predicted octanol–water partition coefficient (Wildman–Crippen LogP) is -0.926. The highest BCUT2D eigenvalue weighted by atomic mass is 16.1.